The molecule has 0 fully saturated rings. The standard InChI is InChI=1S/C12H9Br2NOS/c13-9-3-1-2-8(6-9)7-15-12(16)11-10(14)4-5-17-11/h1-6H,7H2,(H,15,16). The van der Waals surface area contributed by atoms with Gasteiger partial charge in [-0.15, -0.1) is 11.3 Å². The van der Waals surface area contributed by atoms with Gasteiger partial charge in [0.15, 0.2) is 0 Å². The molecule has 1 aromatic heterocycles. The fourth-order valence-corrected chi connectivity index (χ4v) is 3.28. The Morgan fingerprint density at radius 2 is 2.12 bits per heavy atom. The van der Waals surface area contributed by atoms with Crippen molar-refractivity contribution in [1.29, 1.82) is 0 Å². The molecular formula is C12H9Br2NOS. The van der Waals surface area contributed by atoms with E-state index in [-0.39, 0.29) is 5.91 Å². The molecule has 2 aromatic rings. The van der Waals surface area contributed by atoms with E-state index in [1.165, 1.54) is 11.3 Å². The SMILES string of the molecule is O=C(NCc1cccc(Br)c1)c1sccc1Br. The molecule has 0 spiro atoms. The van der Waals surface area contributed by atoms with Gasteiger partial charge in [-0.2, -0.15) is 0 Å². The van der Waals surface area contributed by atoms with E-state index in [1.54, 1.807) is 0 Å². The van der Waals surface area contributed by atoms with Gasteiger partial charge >= 0.3 is 0 Å². The summed E-state index contributed by atoms with van der Waals surface area (Å²) in [5.41, 5.74) is 1.07. The van der Waals surface area contributed by atoms with Crippen molar-refractivity contribution in [3.8, 4) is 0 Å². The maximum atomic E-state index is 11.8. The molecule has 2 rings (SSSR count). The molecule has 1 heterocycles. The largest absolute Gasteiger partial charge is 0.347 e. The van der Waals surface area contributed by atoms with Gasteiger partial charge in [-0.3, -0.25) is 4.79 Å². The van der Waals surface area contributed by atoms with Crippen LogP contribution in [0.4, 0.5) is 0 Å². The average Bonchev–Trinajstić information content (AvgIpc) is 2.72. The van der Waals surface area contributed by atoms with Gasteiger partial charge < -0.3 is 5.32 Å². The minimum atomic E-state index is -0.0492. The summed E-state index contributed by atoms with van der Waals surface area (Å²) >= 11 is 8.18. The van der Waals surface area contributed by atoms with Crippen molar-refractivity contribution >= 4 is 49.1 Å². The highest BCUT2D eigenvalue weighted by Crippen LogP contribution is 2.22. The number of carbonyl (C=O) groups excluding carboxylic acids is 1. The fourth-order valence-electron chi connectivity index (χ4n) is 1.37. The number of hydrogen-bond donors (Lipinski definition) is 1. The lowest BCUT2D eigenvalue weighted by molar-refractivity contribution is 0.0954. The van der Waals surface area contributed by atoms with Gasteiger partial charge in [0.2, 0.25) is 0 Å². The molecule has 0 atom stereocenters. The first-order valence-corrected chi connectivity index (χ1v) is 7.39. The molecule has 5 heteroatoms. The summed E-state index contributed by atoms with van der Waals surface area (Å²) in [5, 5.41) is 4.78. The molecule has 0 aliphatic carbocycles. The van der Waals surface area contributed by atoms with Crippen molar-refractivity contribution in [1.82, 2.24) is 5.32 Å². The lowest BCUT2D eigenvalue weighted by Crippen LogP contribution is -2.22. The average molecular weight is 375 g/mol. The van der Waals surface area contributed by atoms with Crippen molar-refractivity contribution in [2.24, 2.45) is 0 Å². The molecule has 0 aliphatic heterocycles. The zero-order valence-corrected chi connectivity index (χ0v) is 12.7. The van der Waals surface area contributed by atoms with Crippen LogP contribution in [0, 0.1) is 0 Å². The zero-order valence-electron chi connectivity index (χ0n) is 8.74. The number of thiophene rings is 1. The van der Waals surface area contributed by atoms with Gasteiger partial charge in [-0.1, -0.05) is 28.1 Å². The summed E-state index contributed by atoms with van der Waals surface area (Å²) in [6.07, 6.45) is 0. The second-order valence-corrected chi connectivity index (χ2v) is 6.10. The Labute approximate surface area is 120 Å². The second kappa shape index (κ2) is 5.80. The molecule has 1 amide bonds. The smallest absolute Gasteiger partial charge is 0.262 e. The molecule has 0 saturated carbocycles. The van der Waals surface area contributed by atoms with Crippen molar-refractivity contribution < 1.29 is 4.79 Å². The Bertz CT molecular complexity index is 539. The highest BCUT2D eigenvalue weighted by atomic mass is 79.9. The molecular weight excluding hydrogens is 366 g/mol. The second-order valence-electron chi connectivity index (χ2n) is 3.41. The maximum Gasteiger partial charge on any atom is 0.262 e. The summed E-state index contributed by atoms with van der Waals surface area (Å²) in [6.45, 7) is 0.530. The molecule has 0 aliphatic rings. The number of hydrogen-bond acceptors (Lipinski definition) is 2. The van der Waals surface area contributed by atoms with E-state index in [1.807, 2.05) is 35.7 Å². The van der Waals surface area contributed by atoms with Gasteiger partial charge in [-0.25, -0.2) is 0 Å². The van der Waals surface area contributed by atoms with Gasteiger partial charge in [0.25, 0.3) is 5.91 Å². The van der Waals surface area contributed by atoms with E-state index in [0.29, 0.717) is 11.4 Å². The number of benzene rings is 1. The highest BCUT2D eigenvalue weighted by Gasteiger charge is 2.10. The quantitative estimate of drug-likeness (QED) is 0.856. The Morgan fingerprint density at radius 3 is 2.76 bits per heavy atom. The summed E-state index contributed by atoms with van der Waals surface area (Å²) in [7, 11) is 0. The van der Waals surface area contributed by atoms with Crippen LogP contribution in [0.5, 0.6) is 0 Å². The highest BCUT2D eigenvalue weighted by molar-refractivity contribution is 9.10. The lowest BCUT2D eigenvalue weighted by Gasteiger charge is -2.04. The van der Waals surface area contributed by atoms with E-state index >= 15 is 0 Å². The third-order valence-corrected chi connectivity index (χ3v) is 4.50. The Morgan fingerprint density at radius 1 is 1.29 bits per heavy atom. The summed E-state index contributed by atoms with van der Waals surface area (Å²) < 4.78 is 1.86. The predicted octanol–water partition coefficient (Wildman–Crippen LogP) is 4.20. The number of nitrogens with one attached hydrogen (secondary N) is 1. The van der Waals surface area contributed by atoms with Crippen LogP contribution in [0.1, 0.15) is 15.2 Å². The van der Waals surface area contributed by atoms with Crippen LogP contribution in [-0.2, 0) is 6.54 Å². The molecule has 0 radical (unpaired) electrons. The van der Waals surface area contributed by atoms with Crippen molar-refractivity contribution in [2.75, 3.05) is 0 Å². The molecule has 1 N–H and O–H groups in total. The Kier molecular flexibility index (Phi) is 4.36. The normalized spacial score (nSPS) is 10.2. The third-order valence-electron chi connectivity index (χ3n) is 2.17. The van der Waals surface area contributed by atoms with Gasteiger partial charge in [0.1, 0.15) is 4.88 Å². The molecule has 17 heavy (non-hydrogen) atoms. The molecule has 0 saturated heterocycles. The van der Waals surface area contributed by atoms with E-state index in [2.05, 4.69) is 37.2 Å². The molecule has 0 bridgehead atoms. The molecule has 88 valence electrons. The third kappa shape index (κ3) is 3.40. The lowest BCUT2D eigenvalue weighted by atomic mass is 10.2. The van der Waals surface area contributed by atoms with Crippen LogP contribution in [0.25, 0.3) is 0 Å². The van der Waals surface area contributed by atoms with Gasteiger partial charge in [-0.05, 0) is 45.1 Å². The summed E-state index contributed by atoms with van der Waals surface area (Å²) in [6, 6.07) is 9.75. The molecule has 2 nitrogen and oxygen atoms in total. The van der Waals surface area contributed by atoms with E-state index in [4.69, 9.17) is 0 Å². The topological polar surface area (TPSA) is 29.1 Å². The van der Waals surface area contributed by atoms with Crippen LogP contribution >= 0.6 is 43.2 Å². The van der Waals surface area contributed by atoms with Gasteiger partial charge in [0.05, 0.1) is 0 Å². The first-order valence-electron chi connectivity index (χ1n) is 4.92. The van der Waals surface area contributed by atoms with Crippen molar-refractivity contribution in [3.63, 3.8) is 0 Å². The minimum absolute atomic E-state index is 0.0492. The Hall–Kier alpha value is -0.650. The van der Waals surface area contributed by atoms with Crippen LogP contribution in [0.15, 0.2) is 44.7 Å². The van der Waals surface area contributed by atoms with Crippen LogP contribution in [-0.4, -0.2) is 5.91 Å². The summed E-state index contributed by atoms with van der Waals surface area (Å²) in [4.78, 5) is 12.6. The number of rotatable bonds is 3. The molecule has 0 unspecified atom stereocenters. The van der Waals surface area contributed by atoms with Crippen LogP contribution < -0.4 is 5.32 Å². The van der Waals surface area contributed by atoms with E-state index < -0.39 is 0 Å². The van der Waals surface area contributed by atoms with E-state index in [0.717, 1.165) is 14.5 Å². The Balaban J connectivity index is 1.99. The van der Waals surface area contributed by atoms with Crippen molar-refractivity contribution in [3.05, 3.63) is 55.1 Å². The first kappa shape index (κ1) is 12.8. The first-order chi connectivity index (χ1) is 8.16. The van der Waals surface area contributed by atoms with Crippen LogP contribution in [0.3, 0.4) is 0 Å². The fraction of sp³-hybridized carbons (Fsp3) is 0.0833. The predicted molar refractivity (Wildman–Crippen MR) is 77.3 cm³/mol. The monoisotopic (exact) mass is 373 g/mol. The van der Waals surface area contributed by atoms with Crippen molar-refractivity contribution in [2.45, 2.75) is 6.54 Å². The summed E-state index contributed by atoms with van der Waals surface area (Å²) in [5.74, 6) is -0.0492. The number of halogens is 2. The zero-order chi connectivity index (χ0) is 12.3. The molecule has 1 aromatic carbocycles. The number of carbonyl (C=O) groups is 1. The minimum Gasteiger partial charge on any atom is -0.347 e. The van der Waals surface area contributed by atoms with E-state index in [9.17, 15) is 4.79 Å². The van der Waals surface area contributed by atoms with Crippen LogP contribution in [0.2, 0.25) is 0 Å². The maximum absolute atomic E-state index is 11.8. The number of amides is 1. The van der Waals surface area contributed by atoms with Gasteiger partial charge in [0, 0.05) is 15.5 Å².